The second-order valence-corrected chi connectivity index (χ2v) is 10.6. The van der Waals surface area contributed by atoms with Crippen LogP contribution in [0.1, 0.15) is 60.9 Å². The molecule has 0 spiro atoms. The summed E-state index contributed by atoms with van der Waals surface area (Å²) >= 11 is 0. The second-order valence-electron chi connectivity index (χ2n) is 10.6. The zero-order valence-corrected chi connectivity index (χ0v) is 22.4. The van der Waals surface area contributed by atoms with E-state index in [0.717, 1.165) is 18.4 Å². The standard InChI is InChI=1S/C30H37N3O6/c1-37-26-12-9-22-16-27(26)38-19-28(34)31-17-21-7-10-23(11-8-21)39-25-13-14-33(18-24(25)32-30(22)36)29(35)15-20-5-3-2-4-6-20/h7-12,16,20,24-25H,2-6,13-15,17-19H2,1H3,(H,31,34)(H,32,36)/t24-,25+/m0/s1. The molecule has 1 saturated carbocycles. The summed E-state index contributed by atoms with van der Waals surface area (Å²) in [5, 5.41) is 5.95. The van der Waals surface area contributed by atoms with Crippen molar-refractivity contribution in [3.8, 4) is 17.2 Å². The molecule has 0 radical (unpaired) electrons. The van der Waals surface area contributed by atoms with Crippen molar-refractivity contribution in [2.75, 3.05) is 26.8 Å². The van der Waals surface area contributed by atoms with Gasteiger partial charge in [-0.2, -0.15) is 0 Å². The number of hydrogen-bond donors (Lipinski definition) is 2. The summed E-state index contributed by atoms with van der Waals surface area (Å²) in [7, 11) is 1.50. The van der Waals surface area contributed by atoms with Gasteiger partial charge in [0.05, 0.1) is 13.2 Å². The molecule has 39 heavy (non-hydrogen) atoms. The maximum atomic E-state index is 13.4. The van der Waals surface area contributed by atoms with Crippen LogP contribution in [0.4, 0.5) is 0 Å². The number of carbonyl (C=O) groups is 3. The summed E-state index contributed by atoms with van der Waals surface area (Å²) in [5.41, 5.74) is 1.29. The van der Waals surface area contributed by atoms with Crippen molar-refractivity contribution in [2.45, 2.75) is 63.6 Å². The van der Waals surface area contributed by atoms with Crippen LogP contribution in [0, 0.1) is 5.92 Å². The molecule has 0 unspecified atom stereocenters. The van der Waals surface area contributed by atoms with Crippen molar-refractivity contribution in [3.05, 3.63) is 53.6 Å². The van der Waals surface area contributed by atoms with Gasteiger partial charge in [0.2, 0.25) is 5.91 Å². The third kappa shape index (κ3) is 6.82. The molecule has 2 aromatic carbocycles. The molecule has 1 aliphatic carbocycles. The first-order valence-corrected chi connectivity index (χ1v) is 13.9. The number of fused-ring (bicyclic) bond motifs is 7. The van der Waals surface area contributed by atoms with Crippen LogP contribution in [0.25, 0.3) is 0 Å². The Morgan fingerprint density at radius 1 is 1.05 bits per heavy atom. The Balaban J connectivity index is 1.38. The van der Waals surface area contributed by atoms with E-state index in [1.807, 2.05) is 29.2 Å². The highest BCUT2D eigenvalue weighted by molar-refractivity contribution is 5.95. The van der Waals surface area contributed by atoms with Gasteiger partial charge >= 0.3 is 0 Å². The molecule has 2 N–H and O–H groups in total. The smallest absolute Gasteiger partial charge is 0.258 e. The van der Waals surface area contributed by atoms with E-state index >= 15 is 0 Å². The van der Waals surface area contributed by atoms with Gasteiger partial charge in [-0.25, -0.2) is 0 Å². The van der Waals surface area contributed by atoms with E-state index in [2.05, 4.69) is 10.6 Å². The minimum atomic E-state index is -0.397. The van der Waals surface area contributed by atoms with Crippen molar-refractivity contribution >= 4 is 17.7 Å². The number of rotatable bonds is 3. The summed E-state index contributed by atoms with van der Waals surface area (Å²) in [4.78, 5) is 40.9. The monoisotopic (exact) mass is 535 g/mol. The third-order valence-corrected chi connectivity index (χ3v) is 7.89. The topological polar surface area (TPSA) is 106 Å². The number of amides is 3. The van der Waals surface area contributed by atoms with Gasteiger partial charge < -0.3 is 29.7 Å². The maximum absolute atomic E-state index is 13.4. The van der Waals surface area contributed by atoms with E-state index in [1.54, 1.807) is 18.2 Å². The van der Waals surface area contributed by atoms with Crippen LogP contribution in [0.2, 0.25) is 0 Å². The van der Waals surface area contributed by atoms with Crippen LogP contribution in [-0.2, 0) is 16.1 Å². The van der Waals surface area contributed by atoms with Gasteiger partial charge in [-0.05, 0) is 54.7 Å². The summed E-state index contributed by atoms with van der Waals surface area (Å²) in [6, 6.07) is 12.0. The summed E-state index contributed by atoms with van der Waals surface area (Å²) < 4.78 is 17.4. The molecule has 2 fully saturated rings. The SMILES string of the molecule is COc1ccc2cc1OCC(=O)NCc1ccc(cc1)O[C@@H]1CCN(C(=O)CC3CCCCC3)C[C@@H]1NC2=O. The number of methoxy groups -OCH3 is 1. The van der Waals surface area contributed by atoms with Crippen molar-refractivity contribution in [1.82, 2.24) is 15.5 Å². The quantitative estimate of drug-likeness (QED) is 0.624. The van der Waals surface area contributed by atoms with E-state index in [1.165, 1.54) is 26.4 Å². The molecule has 3 heterocycles. The van der Waals surface area contributed by atoms with Crippen molar-refractivity contribution in [3.63, 3.8) is 0 Å². The van der Waals surface area contributed by atoms with Gasteiger partial charge in [0.1, 0.15) is 11.9 Å². The van der Waals surface area contributed by atoms with E-state index < -0.39 is 6.04 Å². The molecular formula is C30H37N3O6. The third-order valence-electron chi connectivity index (χ3n) is 7.89. The Morgan fingerprint density at radius 3 is 2.62 bits per heavy atom. The highest BCUT2D eigenvalue weighted by atomic mass is 16.5. The van der Waals surface area contributed by atoms with Crippen LogP contribution in [0.5, 0.6) is 17.2 Å². The molecule has 9 nitrogen and oxygen atoms in total. The summed E-state index contributed by atoms with van der Waals surface area (Å²) in [6.45, 7) is 1.11. The highest BCUT2D eigenvalue weighted by Gasteiger charge is 2.35. The molecule has 1 saturated heterocycles. The first kappa shape index (κ1) is 26.8. The van der Waals surface area contributed by atoms with Crippen molar-refractivity contribution in [1.29, 1.82) is 0 Å². The van der Waals surface area contributed by atoms with E-state index in [0.29, 0.717) is 61.2 Å². The number of piperidine rings is 1. The average Bonchev–Trinajstić information content (AvgIpc) is 2.96. The van der Waals surface area contributed by atoms with E-state index in [9.17, 15) is 14.4 Å². The molecule has 4 bridgehead atoms. The minimum Gasteiger partial charge on any atom is -0.493 e. The van der Waals surface area contributed by atoms with Crippen LogP contribution < -0.4 is 24.8 Å². The predicted molar refractivity (Wildman–Crippen MR) is 145 cm³/mol. The Bertz CT molecular complexity index is 1180. The molecule has 208 valence electrons. The largest absolute Gasteiger partial charge is 0.493 e. The molecule has 6 rings (SSSR count). The summed E-state index contributed by atoms with van der Waals surface area (Å²) in [5.74, 6) is 1.40. The van der Waals surface area contributed by atoms with Crippen LogP contribution >= 0.6 is 0 Å². The molecule has 3 aliphatic heterocycles. The molecule has 4 aliphatic rings. The van der Waals surface area contributed by atoms with Gasteiger partial charge in [0.25, 0.3) is 11.8 Å². The predicted octanol–water partition coefficient (Wildman–Crippen LogP) is 3.45. The molecule has 9 heteroatoms. The number of nitrogens with one attached hydrogen (secondary N) is 2. The first-order valence-electron chi connectivity index (χ1n) is 13.9. The van der Waals surface area contributed by atoms with Gasteiger partial charge in [0, 0.05) is 38.0 Å². The Labute approximate surface area is 229 Å². The lowest BCUT2D eigenvalue weighted by molar-refractivity contribution is -0.135. The molecule has 3 amide bonds. The van der Waals surface area contributed by atoms with Gasteiger partial charge in [-0.1, -0.05) is 31.4 Å². The number of hydrogen-bond acceptors (Lipinski definition) is 6. The number of ether oxygens (including phenoxy) is 3. The second kappa shape index (κ2) is 12.4. The fraction of sp³-hybridized carbons (Fsp3) is 0.500. The van der Waals surface area contributed by atoms with Crippen LogP contribution in [0.3, 0.4) is 0 Å². The van der Waals surface area contributed by atoms with E-state index in [-0.39, 0.29) is 30.4 Å². The normalized spacial score (nSPS) is 22.4. The molecule has 2 atom stereocenters. The van der Waals surface area contributed by atoms with Crippen LogP contribution in [-0.4, -0.2) is 61.6 Å². The minimum absolute atomic E-state index is 0.152. The fourth-order valence-corrected chi connectivity index (χ4v) is 5.64. The summed E-state index contributed by atoms with van der Waals surface area (Å²) in [6.07, 6.45) is 6.76. The number of nitrogens with zero attached hydrogens (tertiary/aromatic N) is 1. The highest BCUT2D eigenvalue weighted by Crippen LogP contribution is 2.30. The maximum Gasteiger partial charge on any atom is 0.258 e. The zero-order chi connectivity index (χ0) is 27.2. The Kier molecular flexibility index (Phi) is 8.54. The van der Waals surface area contributed by atoms with Crippen molar-refractivity contribution < 1.29 is 28.6 Å². The first-order chi connectivity index (χ1) is 19.0. The van der Waals surface area contributed by atoms with Gasteiger partial charge in [0.15, 0.2) is 18.1 Å². The number of likely N-dealkylation sites (tertiary alicyclic amines) is 1. The lowest BCUT2D eigenvalue weighted by Crippen LogP contribution is -2.58. The van der Waals surface area contributed by atoms with Crippen molar-refractivity contribution in [2.24, 2.45) is 5.92 Å². The lowest BCUT2D eigenvalue weighted by Gasteiger charge is -2.39. The van der Waals surface area contributed by atoms with Gasteiger partial charge in [-0.3, -0.25) is 14.4 Å². The molecule has 0 aromatic heterocycles. The fourth-order valence-electron chi connectivity index (χ4n) is 5.64. The Hall–Kier alpha value is -3.75. The van der Waals surface area contributed by atoms with Crippen LogP contribution in [0.15, 0.2) is 42.5 Å². The molecule has 2 aromatic rings. The van der Waals surface area contributed by atoms with E-state index in [4.69, 9.17) is 14.2 Å². The number of benzene rings is 2. The zero-order valence-electron chi connectivity index (χ0n) is 22.4. The Morgan fingerprint density at radius 2 is 1.85 bits per heavy atom. The van der Waals surface area contributed by atoms with Gasteiger partial charge in [-0.15, -0.1) is 0 Å². The lowest BCUT2D eigenvalue weighted by atomic mass is 9.86. The number of carbonyl (C=O) groups excluding carboxylic acids is 3. The average molecular weight is 536 g/mol. The molecular weight excluding hydrogens is 498 g/mol.